The van der Waals surface area contributed by atoms with Crippen molar-refractivity contribution in [1.82, 2.24) is 9.62 Å². The molecule has 1 saturated heterocycles. The van der Waals surface area contributed by atoms with E-state index in [-0.39, 0.29) is 5.91 Å². The van der Waals surface area contributed by atoms with Crippen LogP contribution in [0.3, 0.4) is 0 Å². The van der Waals surface area contributed by atoms with Crippen molar-refractivity contribution in [3.8, 4) is 0 Å². The molecule has 19 heavy (non-hydrogen) atoms. The summed E-state index contributed by atoms with van der Waals surface area (Å²) in [5, 5.41) is 2.80. The number of carbonyl (C=O) groups is 1. The van der Waals surface area contributed by atoms with Crippen LogP contribution in [0.2, 0.25) is 0 Å². The van der Waals surface area contributed by atoms with Gasteiger partial charge in [0.05, 0.1) is 6.26 Å². The van der Waals surface area contributed by atoms with E-state index in [1.807, 2.05) is 30.3 Å². The maximum absolute atomic E-state index is 12.1. The van der Waals surface area contributed by atoms with Crippen LogP contribution in [0.5, 0.6) is 0 Å². The predicted molar refractivity (Wildman–Crippen MR) is 72.9 cm³/mol. The van der Waals surface area contributed by atoms with Gasteiger partial charge in [-0.05, 0) is 18.4 Å². The zero-order valence-corrected chi connectivity index (χ0v) is 11.7. The minimum absolute atomic E-state index is 0.216. The van der Waals surface area contributed by atoms with Crippen molar-refractivity contribution >= 4 is 15.9 Å². The van der Waals surface area contributed by atoms with Crippen molar-refractivity contribution in [2.24, 2.45) is 0 Å². The van der Waals surface area contributed by atoms with Gasteiger partial charge in [0.15, 0.2) is 0 Å². The van der Waals surface area contributed by atoms with E-state index in [2.05, 4.69) is 5.32 Å². The first-order chi connectivity index (χ1) is 8.98. The Balaban J connectivity index is 1.96. The molecule has 0 unspecified atom stereocenters. The Labute approximate surface area is 113 Å². The molecule has 0 aromatic heterocycles. The lowest BCUT2D eigenvalue weighted by atomic mass is 10.2. The molecule has 0 bridgehead atoms. The van der Waals surface area contributed by atoms with Gasteiger partial charge in [0.25, 0.3) is 0 Å². The largest absolute Gasteiger partial charge is 0.351 e. The van der Waals surface area contributed by atoms with E-state index in [9.17, 15) is 13.2 Å². The highest BCUT2D eigenvalue weighted by Crippen LogP contribution is 2.20. The fraction of sp³-hybridized carbons (Fsp3) is 0.462. The molecule has 1 aromatic rings. The van der Waals surface area contributed by atoms with E-state index >= 15 is 0 Å². The molecule has 1 fully saturated rings. The number of rotatable bonds is 4. The summed E-state index contributed by atoms with van der Waals surface area (Å²) in [5.74, 6) is -0.216. The second-order valence-corrected chi connectivity index (χ2v) is 6.67. The van der Waals surface area contributed by atoms with Gasteiger partial charge >= 0.3 is 0 Å². The molecule has 0 radical (unpaired) electrons. The Morgan fingerprint density at radius 3 is 2.68 bits per heavy atom. The number of amides is 1. The molecule has 0 aliphatic carbocycles. The van der Waals surface area contributed by atoms with Crippen molar-refractivity contribution in [3.63, 3.8) is 0 Å². The van der Waals surface area contributed by atoms with Gasteiger partial charge < -0.3 is 5.32 Å². The summed E-state index contributed by atoms with van der Waals surface area (Å²) in [6, 6.07) is 9.00. The number of sulfonamides is 1. The highest BCUT2D eigenvalue weighted by atomic mass is 32.2. The van der Waals surface area contributed by atoms with E-state index in [0.717, 1.165) is 18.2 Å². The topological polar surface area (TPSA) is 66.5 Å². The van der Waals surface area contributed by atoms with Gasteiger partial charge in [-0.25, -0.2) is 8.42 Å². The Morgan fingerprint density at radius 1 is 1.37 bits per heavy atom. The highest BCUT2D eigenvalue weighted by molar-refractivity contribution is 7.88. The first-order valence-electron chi connectivity index (χ1n) is 6.27. The minimum Gasteiger partial charge on any atom is -0.351 e. The van der Waals surface area contributed by atoms with Gasteiger partial charge in [0, 0.05) is 13.1 Å². The molecule has 2 rings (SSSR count). The molecule has 0 saturated carbocycles. The highest BCUT2D eigenvalue weighted by Gasteiger charge is 2.36. The van der Waals surface area contributed by atoms with E-state index in [4.69, 9.17) is 0 Å². The van der Waals surface area contributed by atoms with E-state index in [0.29, 0.717) is 19.5 Å². The summed E-state index contributed by atoms with van der Waals surface area (Å²) in [6.45, 7) is 0.857. The number of hydrogen-bond donors (Lipinski definition) is 1. The molecule has 1 aliphatic rings. The van der Waals surface area contributed by atoms with Gasteiger partial charge in [-0.2, -0.15) is 4.31 Å². The lowest BCUT2D eigenvalue weighted by Crippen LogP contribution is -2.45. The number of benzene rings is 1. The summed E-state index contributed by atoms with van der Waals surface area (Å²) >= 11 is 0. The lowest BCUT2D eigenvalue weighted by Gasteiger charge is -2.21. The monoisotopic (exact) mass is 282 g/mol. The third-order valence-corrected chi connectivity index (χ3v) is 4.53. The number of nitrogens with zero attached hydrogens (tertiary/aromatic N) is 1. The first kappa shape index (κ1) is 14.0. The smallest absolute Gasteiger partial charge is 0.238 e. The average molecular weight is 282 g/mol. The van der Waals surface area contributed by atoms with E-state index in [1.165, 1.54) is 4.31 Å². The van der Waals surface area contributed by atoms with Crippen molar-refractivity contribution in [2.45, 2.75) is 25.4 Å². The molecule has 1 heterocycles. The van der Waals surface area contributed by atoms with Crippen LogP contribution < -0.4 is 5.32 Å². The minimum atomic E-state index is -3.31. The van der Waals surface area contributed by atoms with Crippen LogP contribution in [0.25, 0.3) is 0 Å². The molecule has 1 N–H and O–H groups in total. The molecule has 6 heteroatoms. The fourth-order valence-electron chi connectivity index (χ4n) is 2.30. The average Bonchev–Trinajstić information content (AvgIpc) is 2.86. The Morgan fingerprint density at radius 2 is 2.05 bits per heavy atom. The van der Waals surface area contributed by atoms with Gasteiger partial charge in [-0.15, -0.1) is 0 Å². The molecule has 0 spiro atoms. The fourth-order valence-corrected chi connectivity index (χ4v) is 3.43. The number of carbonyl (C=O) groups excluding carboxylic acids is 1. The van der Waals surface area contributed by atoms with Crippen molar-refractivity contribution in [1.29, 1.82) is 0 Å². The third kappa shape index (κ3) is 3.54. The van der Waals surface area contributed by atoms with Crippen LogP contribution in [0.1, 0.15) is 18.4 Å². The van der Waals surface area contributed by atoms with E-state index < -0.39 is 16.1 Å². The summed E-state index contributed by atoms with van der Waals surface area (Å²) in [6.07, 6.45) is 2.47. The maximum Gasteiger partial charge on any atom is 0.238 e. The van der Waals surface area contributed by atoms with Crippen LogP contribution in [0.15, 0.2) is 30.3 Å². The molecular formula is C13H18N2O3S. The summed E-state index contributed by atoms with van der Waals surface area (Å²) < 4.78 is 24.4. The van der Waals surface area contributed by atoms with Crippen LogP contribution in [-0.2, 0) is 21.4 Å². The zero-order chi connectivity index (χ0) is 13.9. The second kappa shape index (κ2) is 5.71. The predicted octanol–water partition coefficient (Wildman–Crippen LogP) is 0.727. The normalized spacial score (nSPS) is 20.4. The molecular weight excluding hydrogens is 264 g/mol. The summed E-state index contributed by atoms with van der Waals surface area (Å²) in [5.41, 5.74) is 1.000. The van der Waals surface area contributed by atoms with E-state index in [1.54, 1.807) is 0 Å². The summed E-state index contributed by atoms with van der Waals surface area (Å²) in [7, 11) is -3.31. The second-order valence-electron chi connectivity index (χ2n) is 4.74. The molecule has 1 atom stereocenters. The number of hydrogen-bond acceptors (Lipinski definition) is 3. The molecule has 1 aromatic carbocycles. The van der Waals surface area contributed by atoms with Crippen molar-refractivity contribution in [3.05, 3.63) is 35.9 Å². The summed E-state index contributed by atoms with van der Waals surface area (Å²) in [4.78, 5) is 12.1. The van der Waals surface area contributed by atoms with Gasteiger partial charge in [0.2, 0.25) is 15.9 Å². The van der Waals surface area contributed by atoms with Gasteiger partial charge in [-0.1, -0.05) is 30.3 Å². The third-order valence-electron chi connectivity index (χ3n) is 3.24. The van der Waals surface area contributed by atoms with Crippen LogP contribution in [0, 0.1) is 0 Å². The van der Waals surface area contributed by atoms with Crippen LogP contribution >= 0.6 is 0 Å². The molecule has 1 amide bonds. The van der Waals surface area contributed by atoms with Crippen molar-refractivity contribution in [2.75, 3.05) is 12.8 Å². The molecule has 5 nitrogen and oxygen atoms in total. The Hall–Kier alpha value is -1.40. The number of nitrogens with one attached hydrogen (secondary N) is 1. The maximum atomic E-state index is 12.1. The molecule has 104 valence electrons. The zero-order valence-electron chi connectivity index (χ0n) is 10.9. The Kier molecular flexibility index (Phi) is 4.21. The quantitative estimate of drug-likeness (QED) is 0.885. The standard InChI is InChI=1S/C13H18N2O3S/c1-19(17,18)15-9-5-8-12(15)13(16)14-10-11-6-3-2-4-7-11/h2-4,6-7,12H,5,8-10H2,1H3,(H,14,16)/t12-/m0/s1. The van der Waals surface area contributed by atoms with Crippen LogP contribution in [0.4, 0.5) is 0 Å². The first-order valence-corrected chi connectivity index (χ1v) is 8.12. The SMILES string of the molecule is CS(=O)(=O)N1CCC[C@H]1C(=O)NCc1ccccc1. The molecule has 1 aliphatic heterocycles. The van der Waals surface area contributed by atoms with Gasteiger partial charge in [0.1, 0.15) is 6.04 Å². The van der Waals surface area contributed by atoms with Crippen molar-refractivity contribution < 1.29 is 13.2 Å². The lowest BCUT2D eigenvalue weighted by molar-refractivity contribution is -0.124. The van der Waals surface area contributed by atoms with Gasteiger partial charge in [-0.3, -0.25) is 4.79 Å². The Bertz CT molecular complexity index is 542. The van der Waals surface area contributed by atoms with Crippen LogP contribution in [-0.4, -0.2) is 37.5 Å².